The van der Waals surface area contributed by atoms with E-state index in [2.05, 4.69) is 10.3 Å². The number of hydrogen-bond acceptors (Lipinski definition) is 6. The first kappa shape index (κ1) is 14.6. The fourth-order valence-corrected chi connectivity index (χ4v) is 2.47. The molecule has 0 fully saturated rings. The van der Waals surface area contributed by atoms with Crippen molar-refractivity contribution in [3.63, 3.8) is 0 Å². The molecule has 0 aliphatic rings. The molecular formula is C9H12N2O5S2. The Bertz CT molecular complexity index is 549. The van der Waals surface area contributed by atoms with Crippen molar-refractivity contribution in [3.05, 3.63) is 16.1 Å². The van der Waals surface area contributed by atoms with Crippen LogP contribution in [0.1, 0.15) is 15.5 Å². The Morgan fingerprint density at radius 2 is 2.17 bits per heavy atom. The van der Waals surface area contributed by atoms with Gasteiger partial charge in [-0.3, -0.25) is 4.79 Å². The second-order valence-electron chi connectivity index (χ2n) is 3.60. The highest BCUT2D eigenvalue weighted by atomic mass is 32.2. The first-order valence-corrected chi connectivity index (χ1v) is 7.84. The van der Waals surface area contributed by atoms with Gasteiger partial charge in [-0.25, -0.2) is 18.2 Å². The van der Waals surface area contributed by atoms with Crippen LogP contribution in [0.25, 0.3) is 0 Å². The number of aromatic nitrogens is 1. The van der Waals surface area contributed by atoms with Gasteiger partial charge in [0, 0.05) is 24.6 Å². The second-order valence-corrected chi connectivity index (χ2v) is 6.68. The van der Waals surface area contributed by atoms with Crippen LogP contribution in [0, 0.1) is 0 Å². The van der Waals surface area contributed by atoms with Crippen molar-refractivity contribution in [2.75, 3.05) is 18.6 Å². The smallest absolute Gasteiger partial charge is 0.355 e. The lowest BCUT2D eigenvalue weighted by Gasteiger charge is -2.02. The maximum absolute atomic E-state index is 11.2. The van der Waals surface area contributed by atoms with Crippen LogP contribution >= 0.6 is 11.3 Å². The molecule has 9 heteroatoms. The zero-order valence-electron chi connectivity index (χ0n) is 9.54. The van der Waals surface area contributed by atoms with E-state index >= 15 is 0 Å². The molecule has 1 rings (SSSR count). The average Bonchev–Trinajstić information content (AvgIpc) is 2.63. The standard InChI is InChI=1S/C9H12N2O5S2/c1-18(15,16)5-7(12)10-3-2-8-11-6(4-17-8)9(13)14/h4H,2-3,5H2,1H3,(H,10,12)(H,13,14). The van der Waals surface area contributed by atoms with Crippen molar-refractivity contribution in [1.82, 2.24) is 10.3 Å². The van der Waals surface area contributed by atoms with E-state index in [1.165, 1.54) is 16.7 Å². The lowest BCUT2D eigenvalue weighted by molar-refractivity contribution is -0.118. The number of rotatable bonds is 6. The molecule has 18 heavy (non-hydrogen) atoms. The summed E-state index contributed by atoms with van der Waals surface area (Å²) in [5.41, 5.74) is -0.0301. The number of sulfone groups is 1. The monoisotopic (exact) mass is 292 g/mol. The number of aromatic carboxylic acids is 1. The summed E-state index contributed by atoms with van der Waals surface area (Å²) >= 11 is 1.18. The first-order valence-electron chi connectivity index (χ1n) is 4.90. The lowest BCUT2D eigenvalue weighted by atomic mass is 10.4. The SMILES string of the molecule is CS(=O)(=O)CC(=O)NCCc1nc(C(=O)O)cs1. The molecule has 1 amide bonds. The van der Waals surface area contributed by atoms with Crippen molar-refractivity contribution in [2.45, 2.75) is 6.42 Å². The van der Waals surface area contributed by atoms with Crippen LogP contribution in [0.5, 0.6) is 0 Å². The largest absolute Gasteiger partial charge is 0.476 e. The summed E-state index contributed by atoms with van der Waals surface area (Å²) in [6.07, 6.45) is 1.35. The van der Waals surface area contributed by atoms with E-state index < -0.39 is 27.5 Å². The van der Waals surface area contributed by atoms with Gasteiger partial charge in [0.1, 0.15) is 5.75 Å². The quantitative estimate of drug-likeness (QED) is 0.733. The Hall–Kier alpha value is -1.48. The van der Waals surface area contributed by atoms with Gasteiger partial charge >= 0.3 is 5.97 Å². The Balaban J connectivity index is 2.37. The number of amides is 1. The Morgan fingerprint density at radius 3 is 2.67 bits per heavy atom. The van der Waals surface area contributed by atoms with Crippen LogP contribution in [-0.2, 0) is 21.1 Å². The third kappa shape index (κ3) is 5.23. The zero-order chi connectivity index (χ0) is 13.8. The van der Waals surface area contributed by atoms with Gasteiger partial charge in [0.15, 0.2) is 15.5 Å². The zero-order valence-corrected chi connectivity index (χ0v) is 11.2. The normalized spacial score (nSPS) is 11.2. The molecule has 0 bridgehead atoms. The molecule has 0 saturated heterocycles. The molecule has 0 unspecified atom stereocenters. The minimum atomic E-state index is -3.33. The van der Waals surface area contributed by atoms with Crippen LogP contribution < -0.4 is 5.32 Å². The molecular weight excluding hydrogens is 280 g/mol. The number of carboxylic acids is 1. The number of nitrogens with zero attached hydrogens (tertiary/aromatic N) is 1. The highest BCUT2D eigenvalue weighted by Crippen LogP contribution is 2.09. The summed E-state index contributed by atoms with van der Waals surface area (Å²) in [7, 11) is -3.33. The lowest BCUT2D eigenvalue weighted by Crippen LogP contribution is -2.31. The highest BCUT2D eigenvalue weighted by Gasteiger charge is 2.11. The predicted octanol–water partition coefficient (Wildman–Crippen LogP) is -0.455. The first-order chi connectivity index (χ1) is 8.28. The van der Waals surface area contributed by atoms with Crippen molar-refractivity contribution in [1.29, 1.82) is 0 Å². The summed E-state index contributed by atoms with van der Waals surface area (Å²) in [5.74, 6) is -2.23. The summed E-state index contributed by atoms with van der Waals surface area (Å²) in [5, 5.41) is 13.1. The molecule has 2 N–H and O–H groups in total. The Labute approximate surface area is 108 Å². The second kappa shape index (κ2) is 5.91. The van der Waals surface area contributed by atoms with E-state index in [0.29, 0.717) is 11.4 Å². The molecule has 1 heterocycles. The maximum Gasteiger partial charge on any atom is 0.355 e. The minimum absolute atomic E-state index is 0.0301. The van der Waals surface area contributed by atoms with E-state index in [1.54, 1.807) is 0 Å². The number of thiazole rings is 1. The molecule has 0 atom stereocenters. The van der Waals surface area contributed by atoms with Gasteiger partial charge in [-0.1, -0.05) is 0 Å². The minimum Gasteiger partial charge on any atom is -0.476 e. The van der Waals surface area contributed by atoms with Crippen LogP contribution in [0.3, 0.4) is 0 Å². The molecule has 1 aromatic rings. The van der Waals surface area contributed by atoms with E-state index in [-0.39, 0.29) is 12.2 Å². The molecule has 100 valence electrons. The van der Waals surface area contributed by atoms with Crippen molar-refractivity contribution >= 4 is 33.1 Å². The van der Waals surface area contributed by atoms with Gasteiger partial charge in [0.05, 0.1) is 5.01 Å². The van der Waals surface area contributed by atoms with E-state index in [9.17, 15) is 18.0 Å². The topological polar surface area (TPSA) is 113 Å². The van der Waals surface area contributed by atoms with Gasteiger partial charge in [-0.05, 0) is 0 Å². The van der Waals surface area contributed by atoms with Gasteiger partial charge < -0.3 is 10.4 Å². The van der Waals surface area contributed by atoms with E-state index in [0.717, 1.165) is 6.26 Å². The number of hydrogen-bond donors (Lipinski definition) is 2. The molecule has 0 radical (unpaired) electrons. The van der Waals surface area contributed by atoms with Crippen LogP contribution in [0.15, 0.2) is 5.38 Å². The highest BCUT2D eigenvalue weighted by molar-refractivity contribution is 7.91. The van der Waals surface area contributed by atoms with Gasteiger partial charge in [0.2, 0.25) is 5.91 Å². The van der Waals surface area contributed by atoms with Gasteiger partial charge in [-0.15, -0.1) is 11.3 Å². The molecule has 0 spiro atoms. The summed E-state index contributed by atoms with van der Waals surface area (Å²) in [6, 6.07) is 0. The van der Waals surface area contributed by atoms with Gasteiger partial charge in [-0.2, -0.15) is 0 Å². The van der Waals surface area contributed by atoms with Crippen molar-refractivity contribution in [2.24, 2.45) is 0 Å². The van der Waals surface area contributed by atoms with Crippen molar-refractivity contribution < 1.29 is 23.1 Å². The van der Waals surface area contributed by atoms with E-state index in [4.69, 9.17) is 5.11 Å². The molecule has 0 saturated carbocycles. The predicted molar refractivity (Wildman–Crippen MR) is 65.5 cm³/mol. The molecule has 1 aromatic heterocycles. The summed E-state index contributed by atoms with van der Waals surface area (Å²) in [6.45, 7) is 0.223. The fraction of sp³-hybridized carbons (Fsp3) is 0.444. The third-order valence-electron chi connectivity index (χ3n) is 1.83. The molecule has 7 nitrogen and oxygen atoms in total. The average molecular weight is 292 g/mol. The van der Waals surface area contributed by atoms with Crippen LogP contribution in [0.4, 0.5) is 0 Å². The summed E-state index contributed by atoms with van der Waals surface area (Å²) < 4.78 is 21.6. The number of carboxylic acid groups (broad SMARTS) is 1. The maximum atomic E-state index is 11.2. The Morgan fingerprint density at radius 1 is 1.50 bits per heavy atom. The fourth-order valence-electron chi connectivity index (χ4n) is 1.12. The molecule has 0 aliphatic heterocycles. The molecule has 0 aromatic carbocycles. The summed E-state index contributed by atoms with van der Waals surface area (Å²) in [4.78, 5) is 25.6. The van der Waals surface area contributed by atoms with Gasteiger partial charge in [0.25, 0.3) is 0 Å². The molecule has 0 aliphatic carbocycles. The van der Waals surface area contributed by atoms with Crippen LogP contribution in [0.2, 0.25) is 0 Å². The number of carbonyl (C=O) groups is 2. The Kier molecular flexibility index (Phi) is 4.79. The van der Waals surface area contributed by atoms with E-state index in [1.807, 2.05) is 0 Å². The third-order valence-corrected chi connectivity index (χ3v) is 3.52. The number of carbonyl (C=O) groups excluding carboxylic acids is 1. The van der Waals surface area contributed by atoms with Crippen LogP contribution in [-0.4, -0.2) is 48.9 Å². The number of nitrogens with one attached hydrogen (secondary N) is 1. The van der Waals surface area contributed by atoms with Crippen molar-refractivity contribution in [3.8, 4) is 0 Å².